The number of sulfone groups is 1. The summed E-state index contributed by atoms with van der Waals surface area (Å²) in [6.45, 7) is 2.37. The normalized spacial score (nSPS) is 14.3. The number of aromatic carboxylic acids is 2. The minimum Gasteiger partial charge on any atom is -0.478 e. The fraction of sp³-hybridized carbons (Fsp3) is 0.133. The lowest BCUT2D eigenvalue weighted by atomic mass is 10.1. The highest BCUT2D eigenvalue weighted by Gasteiger charge is 2.24. The number of carbonyl (C=O) groups is 2. The molecular formula is C30H24N2O6S. The number of anilines is 2. The van der Waals surface area contributed by atoms with Gasteiger partial charge in [-0.25, -0.2) is 18.0 Å². The molecule has 196 valence electrons. The number of benzene rings is 4. The largest absolute Gasteiger partial charge is 0.478 e. The Morgan fingerprint density at radius 3 is 1.26 bits per heavy atom. The lowest BCUT2D eigenvalue weighted by molar-refractivity contribution is 0.0686. The molecule has 0 saturated heterocycles. The van der Waals surface area contributed by atoms with Gasteiger partial charge in [-0.05, 0) is 95.1 Å². The molecule has 0 saturated carbocycles. The van der Waals surface area contributed by atoms with E-state index in [9.17, 15) is 28.2 Å². The second kappa shape index (κ2) is 9.28. The molecular weight excluding hydrogens is 516 g/mol. The van der Waals surface area contributed by atoms with Crippen molar-refractivity contribution in [1.82, 2.24) is 0 Å². The fourth-order valence-corrected chi connectivity index (χ4v) is 6.49. The highest BCUT2D eigenvalue weighted by molar-refractivity contribution is 7.91. The summed E-state index contributed by atoms with van der Waals surface area (Å²) in [5, 5.41) is 18.5. The summed E-state index contributed by atoms with van der Waals surface area (Å²) >= 11 is 0. The highest BCUT2D eigenvalue weighted by atomic mass is 32.2. The lowest BCUT2D eigenvalue weighted by Crippen LogP contribution is -2.15. The molecule has 2 heterocycles. The van der Waals surface area contributed by atoms with Crippen LogP contribution >= 0.6 is 0 Å². The predicted octanol–water partition coefficient (Wildman–Crippen LogP) is 4.96. The number of hydrogen-bond acceptors (Lipinski definition) is 6. The fourth-order valence-electron chi connectivity index (χ4n) is 5.23. The Balaban J connectivity index is 1.16. The first kappa shape index (κ1) is 24.7. The SMILES string of the molecule is O=C(O)c1ccc2c(c1)CN(c1ccc(S(=O)(=O)c3ccc(N4Cc5ccc(C(=O)O)cc5C4)cc3)cc1)C2. The summed E-state index contributed by atoms with van der Waals surface area (Å²) in [7, 11) is -3.72. The van der Waals surface area contributed by atoms with E-state index in [0.717, 1.165) is 33.6 Å². The molecule has 2 aliphatic heterocycles. The second-order valence-electron chi connectivity index (χ2n) is 9.78. The van der Waals surface area contributed by atoms with Gasteiger partial charge in [0.15, 0.2) is 0 Å². The van der Waals surface area contributed by atoms with E-state index in [1.54, 1.807) is 72.8 Å². The maximum absolute atomic E-state index is 13.3. The van der Waals surface area contributed by atoms with Gasteiger partial charge in [-0.3, -0.25) is 0 Å². The number of hydrogen-bond donors (Lipinski definition) is 2. The molecule has 4 aromatic carbocycles. The zero-order chi connectivity index (χ0) is 27.3. The molecule has 0 spiro atoms. The first-order valence-corrected chi connectivity index (χ1v) is 13.8. The summed E-state index contributed by atoms with van der Waals surface area (Å²) in [6.07, 6.45) is 0. The van der Waals surface area contributed by atoms with E-state index < -0.39 is 21.8 Å². The van der Waals surface area contributed by atoms with Gasteiger partial charge in [-0.2, -0.15) is 0 Å². The van der Waals surface area contributed by atoms with E-state index in [4.69, 9.17) is 0 Å². The Morgan fingerprint density at radius 2 is 0.897 bits per heavy atom. The van der Waals surface area contributed by atoms with Gasteiger partial charge in [0.25, 0.3) is 0 Å². The zero-order valence-corrected chi connectivity index (χ0v) is 21.6. The first-order chi connectivity index (χ1) is 18.7. The minimum atomic E-state index is -3.72. The van der Waals surface area contributed by atoms with Crippen molar-refractivity contribution in [2.75, 3.05) is 9.80 Å². The summed E-state index contributed by atoms with van der Waals surface area (Å²) in [4.78, 5) is 27.1. The molecule has 9 heteroatoms. The van der Waals surface area contributed by atoms with Crippen LogP contribution in [-0.4, -0.2) is 30.6 Å². The Labute approximate surface area is 225 Å². The van der Waals surface area contributed by atoms with E-state index in [2.05, 4.69) is 9.80 Å². The molecule has 0 amide bonds. The quantitative estimate of drug-likeness (QED) is 0.353. The molecule has 39 heavy (non-hydrogen) atoms. The average molecular weight is 541 g/mol. The topological polar surface area (TPSA) is 115 Å². The van der Waals surface area contributed by atoms with E-state index in [1.165, 1.54) is 0 Å². The number of nitrogens with zero attached hydrogens (tertiary/aromatic N) is 2. The third-order valence-electron chi connectivity index (χ3n) is 7.38. The van der Waals surface area contributed by atoms with Gasteiger partial charge in [-0.1, -0.05) is 12.1 Å². The standard InChI is InChI=1S/C30H24N2O6S/c33-29(34)19-1-3-21-15-31(17-23(21)13-19)25-5-9-27(10-6-25)39(37,38)28-11-7-26(8-12-28)32-16-22-4-2-20(30(35)36)14-24(22)18-32/h1-14H,15-18H2,(H,33,34)(H,35,36). The van der Waals surface area contributed by atoms with Gasteiger partial charge in [0, 0.05) is 37.6 Å². The number of carboxylic acids is 2. The molecule has 4 aromatic rings. The van der Waals surface area contributed by atoms with E-state index >= 15 is 0 Å². The summed E-state index contributed by atoms with van der Waals surface area (Å²) in [6, 6.07) is 23.7. The zero-order valence-electron chi connectivity index (χ0n) is 20.7. The predicted molar refractivity (Wildman–Crippen MR) is 145 cm³/mol. The molecule has 0 atom stereocenters. The molecule has 0 aliphatic carbocycles. The third-order valence-corrected chi connectivity index (χ3v) is 9.16. The molecule has 6 rings (SSSR count). The second-order valence-corrected chi connectivity index (χ2v) is 11.7. The monoisotopic (exact) mass is 540 g/mol. The van der Waals surface area contributed by atoms with Gasteiger partial charge in [0.05, 0.1) is 20.9 Å². The third kappa shape index (κ3) is 4.51. The van der Waals surface area contributed by atoms with Crippen LogP contribution in [-0.2, 0) is 36.0 Å². The average Bonchev–Trinajstić information content (AvgIpc) is 3.56. The van der Waals surface area contributed by atoms with Crippen molar-refractivity contribution < 1.29 is 28.2 Å². The van der Waals surface area contributed by atoms with Gasteiger partial charge >= 0.3 is 11.9 Å². The van der Waals surface area contributed by atoms with Crippen LogP contribution < -0.4 is 9.80 Å². The maximum Gasteiger partial charge on any atom is 0.335 e. The minimum absolute atomic E-state index is 0.193. The van der Waals surface area contributed by atoms with Gasteiger partial charge < -0.3 is 20.0 Å². The van der Waals surface area contributed by atoms with Crippen molar-refractivity contribution in [2.24, 2.45) is 0 Å². The molecule has 2 aliphatic rings. The van der Waals surface area contributed by atoms with Gasteiger partial charge in [0.1, 0.15) is 0 Å². The van der Waals surface area contributed by atoms with Gasteiger partial charge in [0.2, 0.25) is 9.84 Å². The van der Waals surface area contributed by atoms with Crippen molar-refractivity contribution in [2.45, 2.75) is 36.0 Å². The Hall–Kier alpha value is -4.63. The van der Waals surface area contributed by atoms with E-state index in [0.29, 0.717) is 26.2 Å². The van der Waals surface area contributed by atoms with Crippen molar-refractivity contribution >= 4 is 33.2 Å². The summed E-state index contributed by atoms with van der Waals surface area (Å²) in [5.41, 5.74) is 6.24. The smallest absolute Gasteiger partial charge is 0.335 e. The maximum atomic E-state index is 13.3. The van der Waals surface area contributed by atoms with Crippen LogP contribution in [0, 0.1) is 0 Å². The summed E-state index contributed by atoms with van der Waals surface area (Å²) in [5.74, 6) is -1.92. The molecule has 0 fully saturated rings. The van der Waals surface area contributed by atoms with Crippen LogP contribution in [0.5, 0.6) is 0 Å². The van der Waals surface area contributed by atoms with Crippen LogP contribution in [0.1, 0.15) is 43.0 Å². The lowest BCUT2D eigenvalue weighted by Gasteiger charge is -2.19. The molecule has 0 radical (unpaired) electrons. The van der Waals surface area contributed by atoms with E-state index in [-0.39, 0.29) is 20.9 Å². The Kier molecular flexibility index (Phi) is 5.88. The molecule has 8 nitrogen and oxygen atoms in total. The van der Waals surface area contributed by atoms with Crippen molar-refractivity contribution in [3.05, 3.63) is 118 Å². The van der Waals surface area contributed by atoms with Crippen LogP contribution in [0.15, 0.2) is 94.7 Å². The van der Waals surface area contributed by atoms with Crippen LogP contribution in [0.2, 0.25) is 0 Å². The van der Waals surface area contributed by atoms with E-state index in [1.807, 2.05) is 12.1 Å². The Bertz CT molecular complexity index is 1610. The number of carboxylic acid groups (broad SMARTS) is 2. The highest BCUT2D eigenvalue weighted by Crippen LogP contribution is 2.33. The number of rotatable bonds is 6. The van der Waals surface area contributed by atoms with Crippen LogP contribution in [0.25, 0.3) is 0 Å². The van der Waals surface area contributed by atoms with Crippen molar-refractivity contribution in [1.29, 1.82) is 0 Å². The van der Waals surface area contributed by atoms with Crippen molar-refractivity contribution in [3.63, 3.8) is 0 Å². The Morgan fingerprint density at radius 1 is 0.538 bits per heavy atom. The van der Waals surface area contributed by atoms with Crippen LogP contribution in [0.3, 0.4) is 0 Å². The molecule has 0 unspecified atom stereocenters. The molecule has 0 bridgehead atoms. The number of fused-ring (bicyclic) bond motifs is 2. The van der Waals surface area contributed by atoms with Crippen molar-refractivity contribution in [3.8, 4) is 0 Å². The molecule has 2 N–H and O–H groups in total. The molecule has 0 aromatic heterocycles. The van der Waals surface area contributed by atoms with Crippen LogP contribution in [0.4, 0.5) is 11.4 Å². The van der Waals surface area contributed by atoms with Gasteiger partial charge in [-0.15, -0.1) is 0 Å². The first-order valence-electron chi connectivity index (χ1n) is 12.3. The summed E-state index contributed by atoms with van der Waals surface area (Å²) < 4.78 is 26.6.